The Morgan fingerprint density at radius 2 is 1.84 bits per heavy atom. The molecule has 0 saturated carbocycles. The average molecular weight is 369 g/mol. The lowest BCUT2D eigenvalue weighted by Gasteiger charge is -2.14. The quantitative estimate of drug-likeness (QED) is 0.353. The highest BCUT2D eigenvalue weighted by Gasteiger charge is 2.31. The van der Waals surface area contributed by atoms with Crippen LogP contribution < -0.4 is 4.74 Å². The molecule has 0 N–H and O–H groups in total. The first kappa shape index (κ1) is 17.4. The molecule has 0 unspecified atom stereocenters. The zero-order valence-electron chi connectivity index (χ0n) is 13.5. The Hall–Kier alpha value is -2.44. The van der Waals surface area contributed by atoms with Gasteiger partial charge in [-0.05, 0) is 29.3 Å². The number of benzene rings is 2. The maximum atomic E-state index is 12.6. The van der Waals surface area contributed by atoms with Crippen molar-refractivity contribution < 1.29 is 14.3 Å². The van der Waals surface area contributed by atoms with Gasteiger partial charge >= 0.3 is 5.97 Å². The van der Waals surface area contributed by atoms with E-state index in [0.29, 0.717) is 21.5 Å². The molecule has 6 heteroatoms. The summed E-state index contributed by atoms with van der Waals surface area (Å²) in [5.74, 6) is 0.0127. The Labute approximate surface area is 155 Å². The van der Waals surface area contributed by atoms with E-state index in [1.165, 1.54) is 18.7 Å². The fourth-order valence-electron chi connectivity index (χ4n) is 2.35. The first-order chi connectivity index (χ1) is 12.0. The van der Waals surface area contributed by atoms with E-state index < -0.39 is 0 Å². The number of nitrogens with zero attached hydrogens (tertiary/aromatic N) is 1. The molecule has 1 fully saturated rings. The summed E-state index contributed by atoms with van der Waals surface area (Å²) < 4.78 is 5.55. The summed E-state index contributed by atoms with van der Waals surface area (Å²) in [6.45, 7) is 1.82. The smallest absolute Gasteiger partial charge is 0.308 e. The van der Waals surface area contributed by atoms with Crippen LogP contribution in [0.25, 0.3) is 6.08 Å². The summed E-state index contributed by atoms with van der Waals surface area (Å²) in [7, 11) is 0. The van der Waals surface area contributed by atoms with Crippen LogP contribution >= 0.6 is 24.0 Å². The van der Waals surface area contributed by atoms with E-state index in [-0.39, 0.29) is 11.9 Å². The number of amides is 1. The van der Waals surface area contributed by atoms with Gasteiger partial charge in [-0.25, -0.2) is 0 Å². The largest absolute Gasteiger partial charge is 0.427 e. The molecule has 2 aromatic rings. The van der Waals surface area contributed by atoms with Crippen molar-refractivity contribution >= 4 is 46.3 Å². The summed E-state index contributed by atoms with van der Waals surface area (Å²) in [6.07, 6.45) is 1.79. The average Bonchev–Trinajstić information content (AvgIpc) is 2.85. The monoisotopic (exact) mass is 369 g/mol. The minimum absolute atomic E-state index is 0.0945. The molecule has 1 aliphatic rings. The van der Waals surface area contributed by atoms with Gasteiger partial charge in [0.25, 0.3) is 5.91 Å². The fraction of sp³-hybridized carbons (Fsp3) is 0.105. The van der Waals surface area contributed by atoms with Crippen LogP contribution in [0.15, 0.2) is 59.5 Å². The molecule has 1 amide bonds. The molecule has 1 saturated heterocycles. The van der Waals surface area contributed by atoms with Gasteiger partial charge in [0, 0.05) is 6.92 Å². The van der Waals surface area contributed by atoms with Crippen molar-refractivity contribution in [2.24, 2.45) is 0 Å². The maximum Gasteiger partial charge on any atom is 0.308 e. The van der Waals surface area contributed by atoms with Gasteiger partial charge in [0.2, 0.25) is 0 Å². The first-order valence-corrected chi connectivity index (χ1v) is 8.83. The van der Waals surface area contributed by atoms with E-state index in [1.807, 2.05) is 30.3 Å². The van der Waals surface area contributed by atoms with E-state index in [2.05, 4.69) is 0 Å². The molecule has 2 aromatic carbocycles. The van der Waals surface area contributed by atoms with Crippen LogP contribution in [0.1, 0.15) is 18.1 Å². The standard InChI is InChI=1S/C19H15NO3S2/c1-13(21)23-16-9-7-14(8-10-16)11-17-18(22)20(19(24)25-17)12-15-5-3-2-4-6-15/h2-11H,12H2,1H3/b17-11-. The van der Waals surface area contributed by atoms with E-state index in [1.54, 1.807) is 35.2 Å². The summed E-state index contributed by atoms with van der Waals surface area (Å²) in [6, 6.07) is 16.7. The van der Waals surface area contributed by atoms with E-state index in [0.717, 1.165) is 11.1 Å². The molecular formula is C19H15NO3S2. The zero-order valence-corrected chi connectivity index (χ0v) is 15.1. The van der Waals surface area contributed by atoms with Crippen molar-refractivity contribution in [2.45, 2.75) is 13.5 Å². The third-order valence-corrected chi connectivity index (χ3v) is 4.87. The van der Waals surface area contributed by atoms with Crippen LogP contribution in [0.3, 0.4) is 0 Å². The molecule has 0 atom stereocenters. The van der Waals surface area contributed by atoms with Crippen LogP contribution in [0.5, 0.6) is 5.75 Å². The van der Waals surface area contributed by atoms with Crippen molar-refractivity contribution in [3.8, 4) is 5.75 Å². The number of rotatable bonds is 4. The van der Waals surface area contributed by atoms with Gasteiger partial charge in [-0.15, -0.1) is 0 Å². The lowest BCUT2D eigenvalue weighted by atomic mass is 10.2. The molecule has 25 heavy (non-hydrogen) atoms. The molecule has 0 aromatic heterocycles. The highest BCUT2D eigenvalue weighted by atomic mass is 32.2. The summed E-state index contributed by atoms with van der Waals surface area (Å²) >= 11 is 6.64. The summed E-state index contributed by atoms with van der Waals surface area (Å²) in [4.78, 5) is 25.7. The van der Waals surface area contributed by atoms with Gasteiger partial charge in [0.05, 0.1) is 11.4 Å². The van der Waals surface area contributed by atoms with Crippen LogP contribution in [0.2, 0.25) is 0 Å². The molecule has 3 rings (SSSR count). The van der Waals surface area contributed by atoms with Gasteiger partial charge in [-0.2, -0.15) is 0 Å². The second-order valence-corrected chi connectivity index (χ2v) is 7.09. The lowest BCUT2D eigenvalue weighted by molar-refractivity contribution is -0.131. The topological polar surface area (TPSA) is 46.6 Å². The number of carbonyl (C=O) groups excluding carboxylic acids is 2. The van der Waals surface area contributed by atoms with Crippen molar-refractivity contribution in [2.75, 3.05) is 0 Å². The predicted molar refractivity (Wildman–Crippen MR) is 103 cm³/mol. The Balaban J connectivity index is 1.74. The molecule has 4 nitrogen and oxygen atoms in total. The number of hydrogen-bond donors (Lipinski definition) is 0. The van der Waals surface area contributed by atoms with E-state index in [4.69, 9.17) is 17.0 Å². The van der Waals surface area contributed by atoms with E-state index >= 15 is 0 Å². The van der Waals surface area contributed by atoms with Crippen molar-refractivity contribution in [3.05, 3.63) is 70.6 Å². The Bertz CT molecular complexity index is 845. The third kappa shape index (κ3) is 4.35. The Morgan fingerprint density at radius 3 is 2.48 bits per heavy atom. The number of thiocarbonyl (C=S) groups is 1. The molecule has 126 valence electrons. The highest BCUT2D eigenvalue weighted by Crippen LogP contribution is 2.33. The first-order valence-electron chi connectivity index (χ1n) is 7.61. The summed E-state index contributed by atoms with van der Waals surface area (Å²) in [5.41, 5.74) is 1.88. The third-order valence-electron chi connectivity index (χ3n) is 3.50. The van der Waals surface area contributed by atoms with Gasteiger partial charge in [0.15, 0.2) is 0 Å². The maximum absolute atomic E-state index is 12.6. The minimum Gasteiger partial charge on any atom is -0.427 e. The Kier molecular flexibility index (Phi) is 5.31. The number of thioether (sulfide) groups is 1. The molecular weight excluding hydrogens is 354 g/mol. The van der Waals surface area contributed by atoms with E-state index in [9.17, 15) is 9.59 Å². The predicted octanol–water partition coefficient (Wildman–Crippen LogP) is 4.01. The van der Waals surface area contributed by atoms with Crippen LogP contribution in [-0.2, 0) is 16.1 Å². The molecule has 1 heterocycles. The van der Waals surface area contributed by atoms with Gasteiger partial charge in [-0.1, -0.05) is 66.4 Å². The van der Waals surface area contributed by atoms with Crippen LogP contribution in [-0.4, -0.2) is 21.1 Å². The number of hydrogen-bond acceptors (Lipinski definition) is 5. The van der Waals surface area contributed by atoms with Crippen LogP contribution in [0.4, 0.5) is 0 Å². The molecule has 1 aliphatic heterocycles. The SMILES string of the molecule is CC(=O)Oc1ccc(/C=C2\SC(=S)N(Cc3ccccc3)C2=O)cc1. The van der Waals surface area contributed by atoms with Gasteiger partial charge < -0.3 is 4.74 Å². The second-order valence-electron chi connectivity index (χ2n) is 5.42. The number of esters is 1. The fourth-order valence-corrected chi connectivity index (χ4v) is 3.61. The second kappa shape index (κ2) is 7.63. The minimum atomic E-state index is -0.366. The van der Waals surface area contributed by atoms with Crippen molar-refractivity contribution in [1.29, 1.82) is 0 Å². The number of carbonyl (C=O) groups is 2. The molecule has 0 bridgehead atoms. The zero-order chi connectivity index (χ0) is 17.8. The number of ether oxygens (including phenoxy) is 1. The van der Waals surface area contributed by atoms with Crippen molar-refractivity contribution in [1.82, 2.24) is 4.90 Å². The van der Waals surface area contributed by atoms with Crippen LogP contribution in [0, 0.1) is 0 Å². The van der Waals surface area contributed by atoms with Gasteiger partial charge in [-0.3, -0.25) is 14.5 Å². The molecule has 0 spiro atoms. The van der Waals surface area contributed by atoms with Crippen molar-refractivity contribution in [3.63, 3.8) is 0 Å². The molecule has 0 radical (unpaired) electrons. The Morgan fingerprint density at radius 1 is 1.16 bits per heavy atom. The molecule has 0 aliphatic carbocycles. The lowest BCUT2D eigenvalue weighted by Crippen LogP contribution is -2.27. The normalized spacial score (nSPS) is 15.7. The van der Waals surface area contributed by atoms with Gasteiger partial charge in [0.1, 0.15) is 10.1 Å². The summed E-state index contributed by atoms with van der Waals surface area (Å²) in [5, 5.41) is 0. The highest BCUT2D eigenvalue weighted by molar-refractivity contribution is 8.26.